The molecule has 0 bridgehead atoms. The fourth-order valence-corrected chi connectivity index (χ4v) is 2.19. The summed E-state index contributed by atoms with van der Waals surface area (Å²) in [5.74, 6) is 0. The monoisotopic (exact) mass is 252 g/mol. The van der Waals surface area contributed by atoms with Gasteiger partial charge in [0.25, 0.3) is 0 Å². The zero-order valence-electron chi connectivity index (χ0n) is 12.0. The molecule has 2 rings (SSSR count). The lowest BCUT2D eigenvalue weighted by Gasteiger charge is -2.21. The summed E-state index contributed by atoms with van der Waals surface area (Å²) in [6.07, 6.45) is 0. The maximum absolute atomic E-state index is 7.36. The first kappa shape index (κ1) is 13.5. The van der Waals surface area contributed by atoms with Crippen LogP contribution in [0.5, 0.6) is 0 Å². The minimum Gasteiger partial charge on any atom is -0.204 e. The lowest BCUT2D eigenvalue weighted by Crippen LogP contribution is -2.10. The largest absolute Gasteiger partial charge is 0.204 e. The first-order chi connectivity index (χ1) is 8.93. The van der Waals surface area contributed by atoms with Gasteiger partial charge in [-0.25, -0.2) is 5.53 Å². The van der Waals surface area contributed by atoms with Gasteiger partial charge in [0.05, 0.1) is 5.69 Å². The third kappa shape index (κ3) is 2.73. The summed E-state index contributed by atoms with van der Waals surface area (Å²) < 4.78 is 0. The highest BCUT2D eigenvalue weighted by atomic mass is 15.0. The third-order valence-corrected chi connectivity index (χ3v) is 3.42. The number of aryl methyl sites for hydroxylation is 1. The lowest BCUT2D eigenvalue weighted by molar-refractivity contribution is 0.590. The highest BCUT2D eigenvalue weighted by Crippen LogP contribution is 2.36. The van der Waals surface area contributed by atoms with E-state index in [2.05, 4.69) is 57.1 Å². The van der Waals surface area contributed by atoms with Crippen LogP contribution in [-0.4, -0.2) is 0 Å². The lowest BCUT2D eigenvalue weighted by atomic mass is 9.84. The van der Waals surface area contributed by atoms with Gasteiger partial charge in [-0.15, -0.1) is 0 Å². The number of benzene rings is 2. The molecule has 0 saturated heterocycles. The van der Waals surface area contributed by atoms with E-state index in [0.29, 0.717) is 0 Å². The van der Waals surface area contributed by atoms with Gasteiger partial charge in [-0.2, -0.15) is 5.11 Å². The second-order valence-electron chi connectivity index (χ2n) is 5.91. The van der Waals surface area contributed by atoms with E-state index in [1.807, 2.05) is 18.2 Å². The fraction of sp³-hybridized carbons (Fsp3) is 0.294. The number of rotatable bonds is 2. The van der Waals surface area contributed by atoms with Crippen LogP contribution in [0.2, 0.25) is 0 Å². The maximum atomic E-state index is 7.36. The summed E-state index contributed by atoms with van der Waals surface area (Å²) >= 11 is 0. The summed E-state index contributed by atoms with van der Waals surface area (Å²) in [5, 5.41) is 3.66. The van der Waals surface area contributed by atoms with E-state index in [1.54, 1.807) is 0 Å². The molecule has 0 aliphatic rings. The van der Waals surface area contributed by atoms with E-state index in [9.17, 15) is 0 Å². The molecule has 0 fully saturated rings. The first-order valence-electron chi connectivity index (χ1n) is 6.51. The van der Waals surface area contributed by atoms with E-state index in [4.69, 9.17) is 5.53 Å². The van der Waals surface area contributed by atoms with Crippen LogP contribution in [0.25, 0.3) is 11.1 Å². The molecule has 2 aromatic carbocycles. The average Bonchev–Trinajstić information content (AvgIpc) is 2.37. The van der Waals surface area contributed by atoms with Crippen molar-refractivity contribution in [1.29, 1.82) is 5.53 Å². The molecule has 0 radical (unpaired) electrons. The first-order valence-corrected chi connectivity index (χ1v) is 6.51. The molecule has 0 heterocycles. The SMILES string of the molecule is Cc1ccccc1-c1cc(C(C)(C)C)ccc1N=N. The second-order valence-corrected chi connectivity index (χ2v) is 5.91. The molecule has 0 aromatic heterocycles. The van der Waals surface area contributed by atoms with Crippen LogP contribution in [-0.2, 0) is 5.41 Å². The normalized spacial score (nSPS) is 11.4. The van der Waals surface area contributed by atoms with Gasteiger partial charge in [0, 0.05) is 5.56 Å². The van der Waals surface area contributed by atoms with Gasteiger partial charge in [-0.1, -0.05) is 51.1 Å². The van der Waals surface area contributed by atoms with Gasteiger partial charge in [0.15, 0.2) is 0 Å². The molecule has 2 aromatic rings. The number of nitrogens with one attached hydrogen (secondary N) is 1. The molecule has 0 amide bonds. The van der Waals surface area contributed by atoms with Crippen molar-refractivity contribution in [2.45, 2.75) is 33.1 Å². The molecule has 0 atom stereocenters. The Morgan fingerprint density at radius 1 is 0.947 bits per heavy atom. The average molecular weight is 252 g/mol. The van der Waals surface area contributed by atoms with Crippen LogP contribution in [0.3, 0.4) is 0 Å². The number of nitrogens with zero attached hydrogens (tertiary/aromatic N) is 1. The van der Waals surface area contributed by atoms with E-state index < -0.39 is 0 Å². The Kier molecular flexibility index (Phi) is 3.52. The Balaban J connectivity index is 2.67. The predicted molar refractivity (Wildman–Crippen MR) is 80.1 cm³/mol. The molecule has 2 heteroatoms. The summed E-state index contributed by atoms with van der Waals surface area (Å²) in [6.45, 7) is 8.68. The quantitative estimate of drug-likeness (QED) is 0.673. The molecule has 0 saturated carbocycles. The van der Waals surface area contributed by atoms with Gasteiger partial charge in [0.1, 0.15) is 0 Å². The number of hydrogen-bond acceptors (Lipinski definition) is 2. The minimum absolute atomic E-state index is 0.0952. The topological polar surface area (TPSA) is 36.2 Å². The van der Waals surface area contributed by atoms with Crippen molar-refractivity contribution in [3.05, 3.63) is 53.6 Å². The van der Waals surface area contributed by atoms with Gasteiger partial charge < -0.3 is 0 Å². The van der Waals surface area contributed by atoms with Crippen molar-refractivity contribution in [2.24, 2.45) is 5.11 Å². The Bertz CT molecular complexity index is 607. The van der Waals surface area contributed by atoms with Crippen LogP contribution in [0.1, 0.15) is 31.9 Å². The molecule has 19 heavy (non-hydrogen) atoms. The van der Waals surface area contributed by atoms with Crippen molar-refractivity contribution in [3.8, 4) is 11.1 Å². The molecule has 98 valence electrons. The van der Waals surface area contributed by atoms with E-state index in [1.165, 1.54) is 11.1 Å². The Morgan fingerprint density at radius 2 is 1.63 bits per heavy atom. The van der Waals surface area contributed by atoms with Crippen LogP contribution < -0.4 is 0 Å². The maximum Gasteiger partial charge on any atom is 0.0928 e. The van der Waals surface area contributed by atoms with Crippen molar-refractivity contribution < 1.29 is 0 Å². The molecule has 0 aliphatic carbocycles. The molecule has 0 unspecified atom stereocenters. The zero-order valence-corrected chi connectivity index (χ0v) is 12.0. The Hall–Kier alpha value is -1.96. The van der Waals surface area contributed by atoms with E-state index >= 15 is 0 Å². The second kappa shape index (κ2) is 4.96. The van der Waals surface area contributed by atoms with Crippen LogP contribution in [0.15, 0.2) is 47.6 Å². The smallest absolute Gasteiger partial charge is 0.0928 e. The van der Waals surface area contributed by atoms with Gasteiger partial charge in [0.2, 0.25) is 0 Å². The van der Waals surface area contributed by atoms with Crippen molar-refractivity contribution >= 4 is 5.69 Å². The fourth-order valence-electron chi connectivity index (χ4n) is 2.19. The predicted octanol–water partition coefficient (Wildman–Crippen LogP) is 5.62. The van der Waals surface area contributed by atoms with Gasteiger partial charge in [-0.05, 0) is 41.2 Å². The van der Waals surface area contributed by atoms with E-state index in [0.717, 1.165) is 16.8 Å². The summed E-state index contributed by atoms with van der Waals surface area (Å²) in [4.78, 5) is 0. The Labute approximate surface area is 115 Å². The zero-order chi connectivity index (χ0) is 14.0. The highest BCUT2D eigenvalue weighted by molar-refractivity contribution is 5.78. The molecular weight excluding hydrogens is 232 g/mol. The summed E-state index contributed by atoms with van der Waals surface area (Å²) in [5.41, 5.74) is 12.8. The molecule has 0 spiro atoms. The van der Waals surface area contributed by atoms with Crippen molar-refractivity contribution in [1.82, 2.24) is 0 Å². The van der Waals surface area contributed by atoms with Crippen LogP contribution >= 0.6 is 0 Å². The summed E-state index contributed by atoms with van der Waals surface area (Å²) in [7, 11) is 0. The Morgan fingerprint density at radius 3 is 2.21 bits per heavy atom. The van der Waals surface area contributed by atoms with Crippen molar-refractivity contribution in [3.63, 3.8) is 0 Å². The standard InChI is InChI=1S/C17H20N2/c1-12-7-5-6-8-14(12)15-11-13(17(2,3)4)9-10-16(15)19-18/h5-11,18H,1-4H3. The van der Waals surface area contributed by atoms with Gasteiger partial charge in [-0.3, -0.25) is 0 Å². The minimum atomic E-state index is 0.0952. The van der Waals surface area contributed by atoms with Gasteiger partial charge >= 0.3 is 0 Å². The molecular formula is C17H20N2. The van der Waals surface area contributed by atoms with Crippen LogP contribution in [0, 0.1) is 12.5 Å². The highest BCUT2D eigenvalue weighted by Gasteiger charge is 2.16. The van der Waals surface area contributed by atoms with Crippen LogP contribution in [0.4, 0.5) is 5.69 Å². The number of hydrogen-bond donors (Lipinski definition) is 1. The summed E-state index contributed by atoms with van der Waals surface area (Å²) in [6, 6.07) is 14.4. The molecule has 0 aliphatic heterocycles. The molecule has 1 N–H and O–H groups in total. The third-order valence-electron chi connectivity index (χ3n) is 3.42. The van der Waals surface area contributed by atoms with Crippen molar-refractivity contribution in [2.75, 3.05) is 0 Å². The van der Waals surface area contributed by atoms with E-state index in [-0.39, 0.29) is 5.41 Å². The molecule has 2 nitrogen and oxygen atoms in total.